The fourth-order valence-electron chi connectivity index (χ4n) is 10.2. The molecule has 3 aliphatic heterocycles. The normalized spacial score (nSPS) is 40.9. The Morgan fingerprint density at radius 3 is 2.30 bits per heavy atom. The van der Waals surface area contributed by atoms with Crippen LogP contribution in [-0.4, -0.2) is 191 Å². The summed E-state index contributed by atoms with van der Waals surface area (Å²) in [6.45, 7) is 18.7. The van der Waals surface area contributed by atoms with Crippen molar-refractivity contribution >= 4 is 46.3 Å². The van der Waals surface area contributed by atoms with Crippen LogP contribution in [0.1, 0.15) is 111 Å². The molecule has 4 rings (SSSR count). The predicted octanol–water partition coefficient (Wildman–Crippen LogP) is 3.50. The lowest BCUT2D eigenvalue weighted by Crippen LogP contribution is -2.60. The molecule has 0 radical (unpaired) electrons. The summed E-state index contributed by atoms with van der Waals surface area (Å²) >= 11 is 6.78. The Morgan fingerprint density at radius 2 is 1.69 bits per heavy atom. The molecule has 0 bridgehead atoms. The maximum Gasteiger partial charge on any atom is 0.350 e. The minimum absolute atomic E-state index is 0.0976. The predicted molar refractivity (Wildman–Crippen MR) is 258 cm³/mol. The lowest BCUT2D eigenvalue weighted by molar-refractivity contribution is -0.318. The van der Waals surface area contributed by atoms with Crippen LogP contribution in [0.15, 0.2) is 11.4 Å². The van der Waals surface area contributed by atoms with Crippen LogP contribution in [0.5, 0.6) is 0 Å². The molecule has 3 aliphatic rings. The van der Waals surface area contributed by atoms with Crippen molar-refractivity contribution in [3.05, 3.63) is 16.3 Å². The molecule has 1 aromatic rings. The summed E-state index contributed by atoms with van der Waals surface area (Å²) in [6, 6.07) is 0.744. The monoisotopic (exact) mass is 991 g/mol. The molecule has 0 spiro atoms. The number of cyclic esters (lactones) is 1. The number of aliphatic hydroxyl groups is 5. The van der Waals surface area contributed by atoms with Crippen LogP contribution in [0, 0.1) is 17.8 Å². The van der Waals surface area contributed by atoms with Gasteiger partial charge in [-0.2, -0.15) is 0 Å². The number of nitrogens with one attached hydrogen (secondary N) is 2. The van der Waals surface area contributed by atoms with Crippen LogP contribution in [0.3, 0.4) is 0 Å². The summed E-state index contributed by atoms with van der Waals surface area (Å²) in [7, 11) is 6.56. The first-order chi connectivity index (χ1) is 31.2. The Bertz CT molecular complexity index is 1760. The minimum Gasteiger partial charge on any atom is -0.465 e. The van der Waals surface area contributed by atoms with E-state index in [4.69, 9.17) is 45.4 Å². The zero-order valence-corrected chi connectivity index (χ0v) is 43.7. The Morgan fingerprint density at radius 1 is 1.01 bits per heavy atom. The van der Waals surface area contributed by atoms with E-state index in [1.807, 2.05) is 51.6 Å². The topological polar surface area (TPSA) is 230 Å². The van der Waals surface area contributed by atoms with Crippen molar-refractivity contribution in [1.29, 1.82) is 0 Å². The summed E-state index contributed by atoms with van der Waals surface area (Å²) in [6.07, 6.45) is -8.52. The average Bonchev–Trinajstić information content (AvgIpc) is 3.73. The van der Waals surface area contributed by atoms with Gasteiger partial charge in [-0.15, -0.1) is 11.3 Å². The summed E-state index contributed by atoms with van der Waals surface area (Å²) in [5, 5.41) is 68.2. The lowest BCUT2D eigenvalue weighted by Gasteiger charge is -2.48. The number of carbonyl (C=O) groups is 2. The van der Waals surface area contributed by atoms with E-state index in [-0.39, 0.29) is 37.3 Å². The highest BCUT2D eigenvalue weighted by Gasteiger charge is 2.53. The molecule has 67 heavy (non-hydrogen) atoms. The molecule has 3 fully saturated rings. The van der Waals surface area contributed by atoms with Gasteiger partial charge in [-0.1, -0.05) is 20.8 Å². The van der Waals surface area contributed by atoms with E-state index in [0.717, 1.165) is 0 Å². The van der Waals surface area contributed by atoms with Gasteiger partial charge in [0.25, 0.3) is 0 Å². The summed E-state index contributed by atoms with van der Waals surface area (Å²) in [5.41, 5.74) is -4.11. The van der Waals surface area contributed by atoms with Gasteiger partial charge in [-0.3, -0.25) is 9.69 Å². The molecule has 0 aliphatic carbocycles. The van der Waals surface area contributed by atoms with Crippen molar-refractivity contribution in [2.24, 2.45) is 17.8 Å². The van der Waals surface area contributed by atoms with Crippen molar-refractivity contribution < 1.29 is 68.3 Å². The number of hydrogen-bond donors (Lipinski definition) is 7. The van der Waals surface area contributed by atoms with Crippen molar-refractivity contribution in [2.75, 3.05) is 53.3 Å². The Labute approximate surface area is 407 Å². The minimum atomic E-state index is -1.92. The lowest BCUT2D eigenvalue weighted by atomic mass is 9.77. The van der Waals surface area contributed by atoms with Crippen molar-refractivity contribution in [2.45, 2.75) is 192 Å². The zero-order chi connectivity index (χ0) is 50.3. The number of thiophene rings is 1. The van der Waals surface area contributed by atoms with Crippen LogP contribution in [-0.2, 0) is 38.0 Å². The van der Waals surface area contributed by atoms with Gasteiger partial charge in [-0.25, -0.2) is 4.79 Å². The van der Waals surface area contributed by atoms with Crippen molar-refractivity contribution in [1.82, 2.24) is 15.1 Å². The highest BCUT2D eigenvalue weighted by molar-refractivity contribution is 7.80. The molecule has 18 nitrogen and oxygen atoms in total. The van der Waals surface area contributed by atoms with E-state index in [9.17, 15) is 35.1 Å². The van der Waals surface area contributed by atoms with Crippen molar-refractivity contribution in [3.8, 4) is 0 Å². The molecule has 0 unspecified atom stereocenters. The van der Waals surface area contributed by atoms with Gasteiger partial charge in [0.2, 0.25) is 0 Å². The SMILES string of the molecule is CC[C@H]1OC(=O)[C@H](C)[C@@H](O[C@H]2C[C@@](C)(OC)[C@@H](O)[C@H](C)O2)[C@H](C)[C@@H](O[C@@H]2O[C@H](C)C[C@H](N(C)C)[C@H]2O)[C@](C)(O)C[C@@H](C)CN(CCCNC(=S)Nc2ccsc2C(=O)OC)[C@H](C)[C@@H](O)[C@]1(C)O. The quantitative estimate of drug-likeness (QED) is 0.0852. The third kappa shape index (κ3) is 14.1. The Kier molecular flexibility index (Phi) is 20.8. The summed E-state index contributed by atoms with van der Waals surface area (Å²) < 4.78 is 42.9. The molecule has 20 heteroatoms. The van der Waals surface area contributed by atoms with Gasteiger partial charge in [0.05, 0.1) is 54.3 Å². The first kappa shape index (κ1) is 57.4. The number of ether oxygens (including phenoxy) is 7. The third-order valence-electron chi connectivity index (χ3n) is 14.2. The standard InChI is InChI=1S/C47H82N4O14S2/c1-15-33-47(10,58)38(53)29(6)51(19-16-18-48-44(66)49-31-17-20-67-37(31)42(56)59-13)24-25(2)22-45(8,57)40(65-43-35(52)32(50(11)12)21-26(3)61-43)27(4)36(28(5)41(55)63-33)64-34-23-46(9,60-14)39(54)30(7)62-34/h17,20,25-30,32-36,38-40,43,52-54,57-58H,15-16,18-19,21-24H2,1-14H3,(H2,48,49,66)/t25-,26-,27+,28-,29-,30+,32+,33-,34+,35-,36+,38-,39+,40-,43+,45-,46-,47-/m1/s1. The number of nitrogens with zero attached hydrogens (tertiary/aromatic N) is 2. The Balaban J connectivity index is 1.73. The van der Waals surface area contributed by atoms with Gasteiger partial charge in [0.1, 0.15) is 34.9 Å². The van der Waals surface area contributed by atoms with E-state index in [1.54, 1.807) is 46.1 Å². The maximum atomic E-state index is 14.5. The first-order valence-electron chi connectivity index (χ1n) is 23.7. The van der Waals surface area contributed by atoms with Gasteiger partial charge >= 0.3 is 11.9 Å². The molecule has 1 aromatic heterocycles. The number of hydrogen-bond acceptors (Lipinski definition) is 18. The average molecular weight is 991 g/mol. The first-order valence-corrected chi connectivity index (χ1v) is 25.0. The van der Waals surface area contributed by atoms with Crippen LogP contribution in [0.2, 0.25) is 0 Å². The van der Waals surface area contributed by atoms with E-state index in [1.165, 1.54) is 32.5 Å². The second-order valence-electron chi connectivity index (χ2n) is 20.1. The van der Waals surface area contributed by atoms with E-state index >= 15 is 0 Å². The number of aliphatic hydroxyl groups excluding tert-OH is 3. The van der Waals surface area contributed by atoms with Crippen LogP contribution < -0.4 is 10.6 Å². The van der Waals surface area contributed by atoms with E-state index in [0.29, 0.717) is 48.2 Å². The summed E-state index contributed by atoms with van der Waals surface area (Å²) in [4.78, 5) is 31.1. The second-order valence-corrected chi connectivity index (χ2v) is 21.4. The smallest absolute Gasteiger partial charge is 0.350 e. The maximum absolute atomic E-state index is 14.5. The number of methoxy groups -OCH3 is 2. The Hall–Kier alpha value is -2.15. The van der Waals surface area contributed by atoms with Crippen molar-refractivity contribution in [3.63, 3.8) is 0 Å². The van der Waals surface area contributed by atoms with Gasteiger partial charge < -0.3 is 74.2 Å². The second kappa shape index (κ2) is 24.3. The number of anilines is 1. The fraction of sp³-hybridized carbons (Fsp3) is 0.851. The van der Waals surface area contributed by atoms with Crippen LogP contribution in [0.25, 0.3) is 0 Å². The molecule has 0 saturated carbocycles. The van der Waals surface area contributed by atoms with Gasteiger partial charge in [-0.05, 0) is 118 Å². The van der Waals surface area contributed by atoms with Gasteiger partial charge in [0, 0.05) is 51.2 Å². The largest absolute Gasteiger partial charge is 0.465 e. The molecule has 0 amide bonds. The molecule has 4 heterocycles. The number of rotatable bonds is 13. The highest BCUT2D eigenvalue weighted by atomic mass is 32.1. The van der Waals surface area contributed by atoms with Gasteiger partial charge in [0.15, 0.2) is 17.7 Å². The van der Waals surface area contributed by atoms with Crippen LogP contribution in [0.4, 0.5) is 5.69 Å². The number of carbonyl (C=O) groups excluding carboxylic acids is 2. The fourth-order valence-corrected chi connectivity index (χ4v) is 11.2. The van der Waals surface area contributed by atoms with E-state index in [2.05, 4.69) is 10.6 Å². The molecule has 0 aromatic carbocycles. The molecular formula is C47H82N4O14S2. The molecule has 386 valence electrons. The number of thiocarbonyl (C=S) groups is 1. The summed E-state index contributed by atoms with van der Waals surface area (Å²) in [5.74, 6) is -3.36. The third-order valence-corrected chi connectivity index (χ3v) is 15.4. The molecule has 7 N–H and O–H groups in total. The molecule has 18 atom stereocenters. The number of likely N-dealkylation sites (N-methyl/N-ethyl adjacent to an activating group) is 1. The van der Waals surface area contributed by atoms with Crippen LogP contribution >= 0.6 is 23.6 Å². The zero-order valence-electron chi connectivity index (χ0n) is 42.1. The molecular weight excluding hydrogens is 909 g/mol. The number of esters is 2. The van der Waals surface area contributed by atoms with E-state index < -0.39 is 102 Å². The highest BCUT2D eigenvalue weighted by Crippen LogP contribution is 2.40. The molecule has 3 saturated heterocycles.